The van der Waals surface area contributed by atoms with Crippen LogP contribution in [-0.4, -0.2) is 233 Å². The number of benzene rings is 4. The average molecular weight is 2020 g/mol. The molecule has 10 aromatic rings. The van der Waals surface area contributed by atoms with E-state index in [0.717, 1.165) is 29.4 Å². The van der Waals surface area contributed by atoms with Gasteiger partial charge in [0.15, 0.2) is 58.5 Å². The van der Waals surface area contributed by atoms with Gasteiger partial charge in [0.05, 0.1) is 143 Å². The van der Waals surface area contributed by atoms with Gasteiger partial charge in [-0.15, -0.1) is 0 Å². The van der Waals surface area contributed by atoms with Crippen LogP contribution in [0.5, 0.6) is 46.0 Å². The Hall–Kier alpha value is -17.6. The number of hydrogen-bond acceptors (Lipinski definition) is 30. The molecule has 8 aliphatic heterocycles. The van der Waals surface area contributed by atoms with E-state index in [4.69, 9.17) is 66.8 Å². The van der Waals surface area contributed by atoms with E-state index in [9.17, 15) is 67.1 Å². The van der Waals surface area contributed by atoms with Crippen molar-refractivity contribution in [2.45, 2.75) is 88.7 Å². The number of fused-ring (bicyclic) bond motifs is 8. The second-order valence-electron chi connectivity index (χ2n) is 35.8. The number of aromatic nitrogens is 10. The molecule has 6 atom stereocenters. The first-order valence-corrected chi connectivity index (χ1v) is 46.8. The molecule has 0 spiro atoms. The van der Waals surface area contributed by atoms with Crippen LogP contribution in [-0.2, 0) is 102 Å². The second-order valence-corrected chi connectivity index (χ2v) is 35.8. The highest BCUT2D eigenvalue weighted by atomic mass is 16.6. The van der Waals surface area contributed by atoms with E-state index in [0.29, 0.717) is 103 Å². The lowest BCUT2D eigenvalue weighted by atomic mass is 9.94. The lowest BCUT2D eigenvalue weighted by Crippen LogP contribution is -2.55. The fraction of sp³-hybridized carbons (Fsp3) is 0.327. The molecule has 0 N–H and O–H groups in total. The maximum absolute atomic E-state index is 14.7. The van der Waals surface area contributed by atoms with Crippen LogP contribution >= 0.6 is 0 Å². The first-order chi connectivity index (χ1) is 71.1. The Labute approximate surface area is 843 Å². The van der Waals surface area contributed by atoms with Crippen molar-refractivity contribution in [1.29, 1.82) is 0 Å². The number of rotatable bonds is 26. The molecule has 4 aromatic carbocycles. The van der Waals surface area contributed by atoms with Crippen LogP contribution in [0, 0.1) is 0 Å². The molecular formula is C104H106N18O26. The van der Waals surface area contributed by atoms with Crippen LogP contribution in [0.4, 0.5) is 32.3 Å². The van der Waals surface area contributed by atoms with Crippen LogP contribution in [0.3, 0.4) is 0 Å². The van der Waals surface area contributed by atoms with Crippen LogP contribution in [0.2, 0.25) is 0 Å². The van der Waals surface area contributed by atoms with E-state index in [2.05, 4.69) is 23.1 Å². The molecule has 6 amide bonds. The number of amides is 6. The number of methoxy groups -OCH3 is 6. The van der Waals surface area contributed by atoms with E-state index in [1.54, 1.807) is 103 Å². The number of aryl methyl sites for hydroxylation is 4. The van der Waals surface area contributed by atoms with Crippen LogP contribution in [0.1, 0.15) is 112 Å². The van der Waals surface area contributed by atoms with Crippen molar-refractivity contribution in [3.05, 3.63) is 310 Å². The Bertz CT molecular complexity index is 7450. The third kappa shape index (κ3) is 19.3. The number of carbonyl (C=O) groups is 6. The number of carbonyl (C=O) groups excluding carboxylic acids is 6. The largest absolute Gasteiger partial charge is 0.493 e. The summed E-state index contributed by atoms with van der Waals surface area (Å²) in [6, 6.07) is 20.4. The molecule has 0 saturated carbocycles. The van der Waals surface area contributed by atoms with Gasteiger partial charge in [-0.25, -0.2) is 38.6 Å². The standard InChI is InChI=1S/C57H61N9O16.C47H45N9O10/c1-11-20-79-56(73)65-40-26-46(44(75-7)24-36(40)50(69)63-18-16-32(22-42(63)52(65)77-9)38-28-59(3)54(71)61(5)48(38)67)81-30-34-14-13-15-35(58-34)31-82-47-27-41-37(25-45(47)76-8)51(70)64-19-17-33(39-29-60(4)55(72)62(6)49(39)68)23-43(64)53(78-10)66(41)57(74)80-21-12-2;1-51-22-34(42(57)53(3)46(51)61)26-10-12-55-30(14-26)20-48-36-18-40(38(63-5)16-32(36)44(55)59)65-24-28-8-7-9-29(50-28)25-66-41-19-37-33(17-39(41)64-6)45(60)56-13-11-27(15-31(56)21-49-37)35-23-52(2)47(62)54(4)43(35)58/h11-17,24-29,42-43,52-53H,1-2,18-23,30-31H2,3-10H3;7-11,16-23,30-31H,12-15,24-25H2,1-6H3/t42-,43-,52?,53?;30-,31-/m00/s1. The molecule has 44 nitrogen and oxygen atoms in total. The van der Waals surface area contributed by atoms with E-state index >= 15 is 0 Å². The smallest absolute Gasteiger partial charge is 0.416 e. The molecule has 0 aliphatic carbocycles. The van der Waals surface area contributed by atoms with Crippen molar-refractivity contribution in [3.63, 3.8) is 0 Å². The maximum atomic E-state index is 14.7. The van der Waals surface area contributed by atoms with Gasteiger partial charge in [0.2, 0.25) is 0 Å². The van der Waals surface area contributed by atoms with Crippen LogP contribution < -0.4 is 92.7 Å². The van der Waals surface area contributed by atoms with E-state index in [1.807, 2.05) is 18.2 Å². The Kier molecular flexibility index (Phi) is 29.2. The minimum atomic E-state index is -1.17. The number of pyridine rings is 2. The van der Waals surface area contributed by atoms with Gasteiger partial charge in [-0.2, -0.15) is 0 Å². The lowest BCUT2D eigenvalue weighted by Gasteiger charge is -2.40. The third-order valence-corrected chi connectivity index (χ3v) is 26.9. The zero-order valence-corrected chi connectivity index (χ0v) is 83.5. The monoisotopic (exact) mass is 2020 g/mol. The quantitative estimate of drug-likeness (QED) is 0.0494. The lowest BCUT2D eigenvalue weighted by molar-refractivity contribution is 0.0175. The van der Waals surface area contributed by atoms with Gasteiger partial charge >= 0.3 is 34.9 Å². The summed E-state index contributed by atoms with van der Waals surface area (Å²) in [4.78, 5) is 216. The van der Waals surface area contributed by atoms with Gasteiger partial charge < -0.3 is 94.7 Å². The first-order valence-electron chi connectivity index (χ1n) is 46.8. The van der Waals surface area contributed by atoms with Gasteiger partial charge in [0, 0.05) is 158 Å². The fourth-order valence-corrected chi connectivity index (χ4v) is 19.2. The molecular weight excluding hydrogens is 1920 g/mol. The highest BCUT2D eigenvalue weighted by Gasteiger charge is 2.49. The van der Waals surface area contributed by atoms with E-state index in [1.165, 1.54) is 184 Å². The second kappa shape index (κ2) is 42.4. The Morgan fingerprint density at radius 3 is 0.919 bits per heavy atom. The molecule has 148 heavy (non-hydrogen) atoms. The first kappa shape index (κ1) is 102. The summed E-state index contributed by atoms with van der Waals surface area (Å²) < 4.78 is 80.7. The zero-order chi connectivity index (χ0) is 105. The summed E-state index contributed by atoms with van der Waals surface area (Å²) in [6.07, 6.45) is 16.0. The molecule has 0 fully saturated rings. The molecule has 14 heterocycles. The predicted molar refractivity (Wildman–Crippen MR) is 541 cm³/mol. The Morgan fingerprint density at radius 2 is 0.628 bits per heavy atom. The van der Waals surface area contributed by atoms with Gasteiger partial charge in [-0.3, -0.25) is 76.6 Å². The summed E-state index contributed by atoms with van der Waals surface area (Å²) in [7, 11) is 20.4. The highest BCUT2D eigenvalue weighted by Crippen LogP contribution is 2.48. The van der Waals surface area contributed by atoms with Crippen LogP contribution in [0.25, 0.3) is 22.3 Å². The molecule has 18 rings (SSSR count). The molecule has 0 saturated heterocycles. The Balaban J connectivity index is 0.000000206. The predicted octanol–water partition coefficient (Wildman–Crippen LogP) is 6.96. The number of ether oxygens (including phenoxy) is 12. The molecule has 0 bridgehead atoms. The van der Waals surface area contributed by atoms with E-state index in [-0.39, 0.29) is 147 Å². The Morgan fingerprint density at radius 1 is 0.351 bits per heavy atom. The summed E-state index contributed by atoms with van der Waals surface area (Å²) in [6.45, 7) is 7.29. The van der Waals surface area contributed by atoms with Crippen molar-refractivity contribution in [2.75, 3.05) is 91.9 Å². The van der Waals surface area contributed by atoms with Crippen LogP contribution in [0.15, 0.2) is 208 Å². The number of aliphatic imine (C=N–C) groups is 2. The fourth-order valence-electron chi connectivity index (χ4n) is 19.2. The molecule has 8 aliphatic rings. The van der Waals surface area contributed by atoms with Crippen molar-refractivity contribution in [1.82, 2.24) is 66.1 Å². The molecule has 2 unspecified atom stereocenters. The minimum absolute atomic E-state index is 0.0206. The van der Waals surface area contributed by atoms with Gasteiger partial charge in [-0.1, -0.05) is 61.7 Å². The summed E-state index contributed by atoms with van der Waals surface area (Å²) in [5.74, 6) is 0.435. The molecule has 0 radical (unpaired) electrons. The minimum Gasteiger partial charge on any atom is -0.493 e. The number of nitrogens with zero attached hydrogens (tertiary/aromatic N) is 18. The van der Waals surface area contributed by atoms with Gasteiger partial charge in [0.25, 0.3) is 45.9 Å². The molecule has 6 aromatic heterocycles. The molecule has 768 valence electrons. The number of hydrogen-bond donors (Lipinski definition) is 0. The highest BCUT2D eigenvalue weighted by molar-refractivity contribution is 6.09. The topological polar surface area (TPSA) is 459 Å². The number of anilines is 2. The normalized spacial score (nSPS) is 17.9. The average Bonchev–Trinajstić information content (AvgIpc) is 1.59. The van der Waals surface area contributed by atoms with Gasteiger partial charge in [0.1, 0.15) is 39.6 Å². The van der Waals surface area contributed by atoms with Crippen molar-refractivity contribution >= 4 is 93.3 Å². The van der Waals surface area contributed by atoms with Gasteiger partial charge in [-0.05, 0) is 96.5 Å². The SMILES string of the molecule is C=CCOC(=O)N1c2cc(OCc3cccc(COc4cc5c(cc4OC)C(=O)N4CC=C(c6cn(C)c(=O)n(C)c6=O)C[C@H]4C(OC)N5C(=O)OCC=C)n3)c(OC)cc2C(=O)N2CC=C(c3cn(C)c(=O)n(C)c3=O)C[C@H]2C1OC.COc1cc2c(cc1OCc1cccc(COc3cc4c(cc3OC)C(=O)N3CC=C(c5cn(C)c(=O)n(C)c5=O)C[C@H]3C=N4)n1)N=C[C@@H]1CC(c3cn(C)c(=O)n(C)c3=O)=CCN1C2=O. The third-order valence-electron chi connectivity index (χ3n) is 26.9. The summed E-state index contributed by atoms with van der Waals surface area (Å²) >= 11 is 0. The molecule has 44 heteroatoms. The van der Waals surface area contributed by atoms with Crippen molar-refractivity contribution in [2.24, 2.45) is 66.4 Å². The van der Waals surface area contributed by atoms with Crippen molar-refractivity contribution in [3.8, 4) is 46.0 Å². The zero-order valence-electron chi connectivity index (χ0n) is 83.5. The van der Waals surface area contributed by atoms with E-state index < -0.39 is 106 Å². The summed E-state index contributed by atoms with van der Waals surface area (Å²) in [5, 5.41) is 0. The van der Waals surface area contributed by atoms with Crippen molar-refractivity contribution < 1.29 is 85.6 Å². The summed E-state index contributed by atoms with van der Waals surface area (Å²) in [5.41, 5.74) is 3.87. The maximum Gasteiger partial charge on any atom is 0.416 e.